The van der Waals surface area contributed by atoms with E-state index in [-0.39, 0.29) is 0 Å². The van der Waals surface area contributed by atoms with Gasteiger partial charge in [0, 0.05) is 12.1 Å². The molecular weight excluding hydrogens is 254 g/mol. The second kappa shape index (κ2) is 4.83. The summed E-state index contributed by atoms with van der Waals surface area (Å²) in [5.41, 5.74) is 2.28. The highest BCUT2D eigenvalue weighted by atomic mass is 16.7. The van der Waals surface area contributed by atoms with Crippen LogP contribution in [0.25, 0.3) is 5.69 Å². The zero-order valence-corrected chi connectivity index (χ0v) is 11.2. The molecule has 104 valence electrons. The lowest BCUT2D eigenvalue weighted by Crippen LogP contribution is -2.28. The minimum absolute atomic E-state index is 0.305. The number of hydrogen-bond donors (Lipinski definition) is 1. The summed E-state index contributed by atoms with van der Waals surface area (Å²) in [5, 5.41) is 3.57. The Bertz CT molecular complexity index is 617. The third-order valence-electron chi connectivity index (χ3n) is 3.97. The van der Waals surface area contributed by atoms with Crippen molar-refractivity contribution in [2.24, 2.45) is 0 Å². The number of rotatable bonds is 2. The summed E-state index contributed by atoms with van der Waals surface area (Å²) in [7, 11) is 0. The maximum atomic E-state index is 5.45. The van der Waals surface area contributed by atoms with Gasteiger partial charge in [-0.25, -0.2) is 4.98 Å². The van der Waals surface area contributed by atoms with E-state index in [4.69, 9.17) is 9.47 Å². The average molecular weight is 271 g/mol. The maximum Gasteiger partial charge on any atom is 0.231 e. The average Bonchev–Trinajstić information content (AvgIpc) is 3.16. The Kier molecular flexibility index (Phi) is 2.85. The van der Waals surface area contributed by atoms with Crippen LogP contribution in [0.3, 0.4) is 0 Å². The van der Waals surface area contributed by atoms with Crippen molar-refractivity contribution in [2.75, 3.05) is 13.3 Å². The Morgan fingerprint density at radius 3 is 3.05 bits per heavy atom. The van der Waals surface area contributed by atoms with E-state index in [1.807, 2.05) is 30.7 Å². The number of fused-ring (bicyclic) bond motifs is 1. The summed E-state index contributed by atoms with van der Waals surface area (Å²) < 4.78 is 12.9. The molecule has 3 heterocycles. The van der Waals surface area contributed by atoms with Crippen LogP contribution < -0.4 is 14.8 Å². The summed E-state index contributed by atoms with van der Waals surface area (Å²) >= 11 is 0. The Hall–Kier alpha value is -2.01. The van der Waals surface area contributed by atoms with Gasteiger partial charge in [-0.1, -0.05) is 6.42 Å². The number of benzene rings is 1. The van der Waals surface area contributed by atoms with Crippen LogP contribution in [0.5, 0.6) is 11.5 Å². The Morgan fingerprint density at radius 1 is 1.20 bits per heavy atom. The van der Waals surface area contributed by atoms with Gasteiger partial charge in [-0.3, -0.25) is 0 Å². The molecule has 0 bridgehead atoms. The normalized spacial score (nSPS) is 21.1. The van der Waals surface area contributed by atoms with E-state index in [1.165, 1.54) is 18.5 Å². The van der Waals surface area contributed by atoms with E-state index in [1.54, 1.807) is 0 Å². The fourth-order valence-electron chi connectivity index (χ4n) is 2.92. The molecule has 2 aliphatic rings. The summed E-state index contributed by atoms with van der Waals surface area (Å²) in [6, 6.07) is 6.39. The standard InChI is InChI=1S/C15H17N3O2/c1-2-6-17-12(3-1)13-8-16-9-18(13)11-4-5-14-15(7-11)20-10-19-14/h4-5,7-9,12,17H,1-3,6,10H2. The molecule has 5 heteroatoms. The number of ether oxygens (including phenoxy) is 2. The third kappa shape index (κ3) is 1.94. The van der Waals surface area contributed by atoms with Crippen molar-refractivity contribution in [3.8, 4) is 17.2 Å². The molecule has 1 aromatic heterocycles. The molecular formula is C15H17N3O2. The summed E-state index contributed by atoms with van der Waals surface area (Å²) in [6.45, 7) is 1.39. The largest absolute Gasteiger partial charge is 0.454 e. The predicted octanol–water partition coefficient (Wildman–Crippen LogP) is 2.42. The highest BCUT2D eigenvalue weighted by molar-refractivity contribution is 5.50. The van der Waals surface area contributed by atoms with Gasteiger partial charge in [-0.15, -0.1) is 0 Å². The van der Waals surface area contributed by atoms with Crippen LogP contribution in [0.1, 0.15) is 31.0 Å². The predicted molar refractivity (Wildman–Crippen MR) is 74.3 cm³/mol. The molecule has 0 amide bonds. The van der Waals surface area contributed by atoms with Crippen molar-refractivity contribution in [3.63, 3.8) is 0 Å². The topological polar surface area (TPSA) is 48.3 Å². The first-order valence-electron chi connectivity index (χ1n) is 7.07. The van der Waals surface area contributed by atoms with E-state index < -0.39 is 0 Å². The van der Waals surface area contributed by atoms with Crippen LogP contribution in [-0.4, -0.2) is 22.9 Å². The molecule has 4 rings (SSSR count). The van der Waals surface area contributed by atoms with Gasteiger partial charge in [0.2, 0.25) is 6.79 Å². The third-order valence-corrected chi connectivity index (χ3v) is 3.97. The van der Waals surface area contributed by atoms with Crippen molar-refractivity contribution in [3.05, 3.63) is 36.4 Å². The molecule has 20 heavy (non-hydrogen) atoms. The minimum Gasteiger partial charge on any atom is -0.454 e. The van der Waals surface area contributed by atoms with Crippen molar-refractivity contribution in [1.82, 2.24) is 14.9 Å². The first kappa shape index (κ1) is 11.8. The van der Waals surface area contributed by atoms with Gasteiger partial charge in [0.1, 0.15) is 0 Å². The molecule has 5 nitrogen and oxygen atoms in total. The summed E-state index contributed by atoms with van der Waals surface area (Å²) in [5.74, 6) is 1.62. The number of aromatic nitrogens is 2. The van der Waals surface area contributed by atoms with Crippen LogP contribution in [0.2, 0.25) is 0 Å². The Balaban J connectivity index is 1.70. The zero-order chi connectivity index (χ0) is 13.4. The zero-order valence-electron chi connectivity index (χ0n) is 11.2. The number of hydrogen-bond acceptors (Lipinski definition) is 4. The molecule has 0 aliphatic carbocycles. The van der Waals surface area contributed by atoms with Crippen molar-refractivity contribution >= 4 is 0 Å². The summed E-state index contributed by atoms with van der Waals surface area (Å²) in [4.78, 5) is 4.32. The van der Waals surface area contributed by atoms with Crippen LogP contribution >= 0.6 is 0 Å². The van der Waals surface area contributed by atoms with E-state index in [0.29, 0.717) is 12.8 Å². The number of nitrogens with one attached hydrogen (secondary N) is 1. The Labute approximate surface area is 117 Å². The second-order valence-corrected chi connectivity index (χ2v) is 5.23. The maximum absolute atomic E-state index is 5.45. The quantitative estimate of drug-likeness (QED) is 0.911. The fraction of sp³-hybridized carbons (Fsp3) is 0.400. The highest BCUT2D eigenvalue weighted by Crippen LogP contribution is 2.34. The highest BCUT2D eigenvalue weighted by Gasteiger charge is 2.20. The van der Waals surface area contributed by atoms with Crippen LogP contribution in [0.15, 0.2) is 30.7 Å². The number of imidazole rings is 1. The van der Waals surface area contributed by atoms with Gasteiger partial charge in [0.05, 0.1) is 23.9 Å². The van der Waals surface area contributed by atoms with Gasteiger partial charge in [0.15, 0.2) is 11.5 Å². The monoisotopic (exact) mass is 271 g/mol. The molecule has 0 radical (unpaired) electrons. The van der Waals surface area contributed by atoms with Gasteiger partial charge >= 0.3 is 0 Å². The van der Waals surface area contributed by atoms with Crippen LogP contribution in [0.4, 0.5) is 0 Å². The lowest BCUT2D eigenvalue weighted by atomic mass is 10.0. The van der Waals surface area contributed by atoms with Gasteiger partial charge in [-0.05, 0) is 31.5 Å². The first-order chi connectivity index (χ1) is 9.92. The molecule has 1 aromatic carbocycles. The minimum atomic E-state index is 0.305. The first-order valence-corrected chi connectivity index (χ1v) is 7.07. The lowest BCUT2D eigenvalue weighted by molar-refractivity contribution is 0.174. The second-order valence-electron chi connectivity index (χ2n) is 5.23. The molecule has 2 aliphatic heterocycles. The van der Waals surface area contributed by atoms with Gasteiger partial charge < -0.3 is 19.4 Å². The molecule has 2 aromatic rings. The smallest absolute Gasteiger partial charge is 0.231 e. The fourth-order valence-corrected chi connectivity index (χ4v) is 2.92. The van der Waals surface area contributed by atoms with E-state index >= 15 is 0 Å². The summed E-state index contributed by atoms with van der Waals surface area (Å²) in [6.07, 6.45) is 7.51. The molecule has 0 spiro atoms. The molecule has 1 N–H and O–H groups in total. The molecule has 1 saturated heterocycles. The number of nitrogens with zero attached hydrogens (tertiary/aromatic N) is 2. The number of piperidine rings is 1. The molecule has 0 saturated carbocycles. The van der Waals surface area contributed by atoms with E-state index in [9.17, 15) is 0 Å². The van der Waals surface area contributed by atoms with Crippen molar-refractivity contribution in [1.29, 1.82) is 0 Å². The molecule has 1 atom stereocenters. The van der Waals surface area contributed by atoms with Gasteiger partial charge in [-0.2, -0.15) is 0 Å². The van der Waals surface area contributed by atoms with Crippen LogP contribution in [-0.2, 0) is 0 Å². The van der Waals surface area contributed by atoms with Gasteiger partial charge in [0.25, 0.3) is 0 Å². The van der Waals surface area contributed by atoms with Crippen molar-refractivity contribution < 1.29 is 9.47 Å². The molecule has 1 unspecified atom stereocenters. The Morgan fingerprint density at radius 2 is 2.15 bits per heavy atom. The van der Waals surface area contributed by atoms with E-state index in [0.717, 1.165) is 30.2 Å². The van der Waals surface area contributed by atoms with Crippen LogP contribution in [0, 0.1) is 0 Å². The molecule has 1 fully saturated rings. The lowest BCUT2D eigenvalue weighted by Gasteiger charge is -2.24. The van der Waals surface area contributed by atoms with E-state index in [2.05, 4.69) is 14.9 Å². The van der Waals surface area contributed by atoms with Crippen molar-refractivity contribution in [2.45, 2.75) is 25.3 Å². The SMILES string of the molecule is c1cc2c(cc1-n1cncc1C1CCCCN1)OCO2.